The van der Waals surface area contributed by atoms with E-state index < -0.39 is 10.0 Å². The molecule has 1 N–H and O–H groups in total. The molecular formula is C17H25N5O4S. The van der Waals surface area contributed by atoms with E-state index in [1.54, 1.807) is 37.6 Å². The quantitative estimate of drug-likeness (QED) is 0.657. The summed E-state index contributed by atoms with van der Waals surface area (Å²) in [6, 6.07) is 4.62. The van der Waals surface area contributed by atoms with Gasteiger partial charge in [0.05, 0.1) is 13.2 Å². The Labute approximate surface area is 159 Å². The maximum Gasteiger partial charge on any atom is 0.246 e. The van der Waals surface area contributed by atoms with Gasteiger partial charge in [0, 0.05) is 25.2 Å². The number of sulfonamides is 1. The Kier molecular flexibility index (Phi) is 7.31. The highest BCUT2D eigenvalue weighted by Crippen LogP contribution is 2.30. The van der Waals surface area contributed by atoms with E-state index in [9.17, 15) is 13.2 Å². The standard InChI is InChI=1S/C17H25N5O4S/c1-4-22(5-2)27(24,25)16-11-14(7-8-15(16)26-6-3)20-17(23)9-10-21-13-18-12-19-21/h7-8,11-13H,4-6,9-10H2,1-3H3,(H,20,23). The molecule has 0 aliphatic rings. The molecule has 0 aliphatic carbocycles. The minimum Gasteiger partial charge on any atom is -0.492 e. The summed E-state index contributed by atoms with van der Waals surface area (Å²) >= 11 is 0. The molecule has 148 valence electrons. The Morgan fingerprint density at radius 1 is 1.26 bits per heavy atom. The number of nitrogens with zero attached hydrogens (tertiary/aromatic N) is 4. The van der Waals surface area contributed by atoms with Crippen LogP contribution in [0.5, 0.6) is 5.75 Å². The van der Waals surface area contributed by atoms with Gasteiger partial charge in [-0.3, -0.25) is 9.48 Å². The van der Waals surface area contributed by atoms with E-state index in [2.05, 4.69) is 15.4 Å². The van der Waals surface area contributed by atoms with Crippen molar-refractivity contribution in [2.75, 3.05) is 25.0 Å². The summed E-state index contributed by atoms with van der Waals surface area (Å²) in [6.07, 6.45) is 3.11. The zero-order chi connectivity index (χ0) is 19.9. The SMILES string of the molecule is CCOc1ccc(NC(=O)CCn2cncn2)cc1S(=O)(=O)N(CC)CC. The van der Waals surface area contributed by atoms with Crippen molar-refractivity contribution in [3.63, 3.8) is 0 Å². The lowest BCUT2D eigenvalue weighted by atomic mass is 10.3. The van der Waals surface area contributed by atoms with Gasteiger partial charge in [0.25, 0.3) is 0 Å². The third kappa shape index (κ3) is 5.27. The normalized spacial score (nSPS) is 11.6. The zero-order valence-corrected chi connectivity index (χ0v) is 16.6. The lowest BCUT2D eigenvalue weighted by Crippen LogP contribution is -2.31. The Morgan fingerprint density at radius 2 is 2.00 bits per heavy atom. The lowest BCUT2D eigenvalue weighted by molar-refractivity contribution is -0.116. The van der Waals surface area contributed by atoms with Crippen molar-refractivity contribution < 1.29 is 17.9 Å². The van der Waals surface area contributed by atoms with Crippen molar-refractivity contribution in [2.45, 2.75) is 38.6 Å². The predicted molar refractivity (Wildman–Crippen MR) is 101 cm³/mol. The molecule has 1 heterocycles. The molecule has 0 aliphatic heterocycles. The minimum absolute atomic E-state index is 0.0436. The van der Waals surface area contributed by atoms with Gasteiger partial charge >= 0.3 is 0 Å². The molecule has 0 unspecified atom stereocenters. The molecule has 2 aromatic rings. The number of benzene rings is 1. The lowest BCUT2D eigenvalue weighted by Gasteiger charge is -2.21. The molecule has 0 atom stereocenters. The zero-order valence-electron chi connectivity index (χ0n) is 15.8. The van der Waals surface area contributed by atoms with Crippen LogP contribution in [0, 0.1) is 0 Å². The second-order valence-corrected chi connectivity index (χ2v) is 7.55. The van der Waals surface area contributed by atoms with Gasteiger partial charge in [-0.15, -0.1) is 0 Å². The topological polar surface area (TPSA) is 106 Å². The van der Waals surface area contributed by atoms with Crippen molar-refractivity contribution in [1.82, 2.24) is 19.1 Å². The van der Waals surface area contributed by atoms with Crippen LogP contribution in [0.2, 0.25) is 0 Å². The summed E-state index contributed by atoms with van der Waals surface area (Å²) in [5.41, 5.74) is 0.396. The van der Waals surface area contributed by atoms with Crippen molar-refractivity contribution in [2.24, 2.45) is 0 Å². The number of amides is 1. The Morgan fingerprint density at radius 3 is 2.59 bits per heavy atom. The molecule has 9 nitrogen and oxygen atoms in total. The van der Waals surface area contributed by atoms with Crippen LogP contribution in [0.4, 0.5) is 5.69 Å². The molecule has 10 heteroatoms. The van der Waals surface area contributed by atoms with Gasteiger partial charge in [-0.25, -0.2) is 13.4 Å². The number of nitrogens with one attached hydrogen (secondary N) is 1. The molecule has 0 saturated carbocycles. The Balaban J connectivity index is 2.22. The van der Waals surface area contributed by atoms with Gasteiger partial charge in [-0.1, -0.05) is 13.8 Å². The number of carbonyl (C=O) groups is 1. The van der Waals surface area contributed by atoms with E-state index in [0.717, 1.165) is 0 Å². The number of hydrogen-bond acceptors (Lipinski definition) is 6. The van der Waals surface area contributed by atoms with E-state index in [1.165, 1.54) is 23.0 Å². The Bertz CT molecular complexity index is 848. The third-order valence-electron chi connectivity index (χ3n) is 3.89. The van der Waals surface area contributed by atoms with Gasteiger partial charge in [-0.05, 0) is 25.1 Å². The third-order valence-corrected chi connectivity index (χ3v) is 5.96. The molecule has 0 radical (unpaired) electrons. The summed E-state index contributed by atoms with van der Waals surface area (Å²) in [5.74, 6) is 0.0193. The number of carbonyl (C=O) groups excluding carboxylic acids is 1. The average Bonchev–Trinajstić information content (AvgIpc) is 3.16. The predicted octanol–water partition coefficient (Wildman–Crippen LogP) is 1.74. The number of rotatable bonds is 10. The fraction of sp³-hybridized carbons (Fsp3) is 0.471. The molecule has 1 aromatic carbocycles. The van der Waals surface area contributed by atoms with Crippen LogP contribution >= 0.6 is 0 Å². The van der Waals surface area contributed by atoms with Crippen LogP contribution < -0.4 is 10.1 Å². The van der Waals surface area contributed by atoms with Gasteiger partial charge < -0.3 is 10.1 Å². The van der Waals surface area contributed by atoms with Crippen LogP contribution in [0.1, 0.15) is 27.2 Å². The highest BCUT2D eigenvalue weighted by molar-refractivity contribution is 7.89. The molecule has 1 amide bonds. The number of anilines is 1. The maximum atomic E-state index is 12.9. The van der Waals surface area contributed by atoms with E-state index in [1.807, 2.05) is 0 Å². The van der Waals surface area contributed by atoms with Crippen LogP contribution in [-0.4, -0.2) is 53.1 Å². The molecule has 2 rings (SSSR count). The minimum atomic E-state index is -3.73. The van der Waals surface area contributed by atoms with Crippen LogP contribution in [0.3, 0.4) is 0 Å². The van der Waals surface area contributed by atoms with Crippen molar-refractivity contribution in [3.8, 4) is 5.75 Å². The summed E-state index contributed by atoms with van der Waals surface area (Å²) < 4.78 is 34.2. The van der Waals surface area contributed by atoms with Crippen molar-refractivity contribution in [3.05, 3.63) is 30.9 Å². The summed E-state index contributed by atoms with van der Waals surface area (Å²) in [7, 11) is -3.73. The van der Waals surface area contributed by atoms with Crippen molar-refractivity contribution >= 4 is 21.6 Å². The van der Waals surface area contributed by atoms with Gasteiger partial charge in [0.15, 0.2) is 0 Å². The smallest absolute Gasteiger partial charge is 0.246 e. The number of ether oxygens (including phenoxy) is 1. The summed E-state index contributed by atoms with van der Waals surface area (Å²) in [4.78, 5) is 16.0. The highest BCUT2D eigenvalue weighted by atomic mass is 32.2. The fourth-order valence-corrected chi connectivity index (χ4v) is 4.17. The first kappa shape index (κ1) is 20.8. The van der Waals surface area contributed by atoms with Crippen LogP contribution in [0.15, 0.2) is 35.7 Å². The molecule has 1 aromatic heterocycles. The first-order valence-electron chi connectivity index (χ1n) is 8.81. The van der Waals surface area contributed by atoms with Gasteiger partial charge in [0.2, 0.25) is 15.9 Å². The summed E-state index contributed by atoms with van der Waals surface area (Å²) in [6.45, 7) is 6.75. The average molecular weight is 395 g/mol. The molecule has 27 heavy (non-hydrogen) atoms. The van der Waals surface area contributed by atoms with Gasteiger partial charge in [0.1, 0.15) is 23.3 Å². The monoisotopic (exact) mass is 395 g/mol. The van der Waals surface area contributed by atoms with E-state index in [-0.39, 0.29) is 23.0 Å². The second-order valence-electron chi connectivity index (χ2n) is 5.64. The molecule has 0 bridgehead atoms. The first-order valence-corrected chi connectivity index (χ1v) is 10.3. The summed E-state index contributed by atoms with van der Waals surface area (Å²) in [5, 5.41) is 6.66. The first-order chi connectivity index (χ1) is 12.9. The van der Waals surface area contributed by atoms with E-state index in [0.29, 0.717) is 31.9 Å². The molecule has 0 saturated heterocycles. The van der Waals surface area contributed by atoms with E-state index in [4.69, 9.17) is 4.74 Å². The van der Waals surface area contributed by atoms with Crippen LogP contribution in [-0.2, 0) is 21.4 Å². The highest BCUT2D eigenvalue weighted by Gasteiger charge is 2.26. The van der Waals surface area contributed by atoms with E-state index >= 15 is 0 Å². The molecule has 0 spiro atoms. The number of aryl methyl sites for hydroxylation is 1. The fourth-order valence-electron chi connectivity index (χ4n) is 2.55. The number of hydrogen-bond donors (Lipinski definition) is 1. The maximum absolute atomic E-state index is 12.9. The number of aromatic nitrogens is 3. The largest absolute Gasteiger partial charge is 0.492 e. The van der Waals surface area contributed by atoms with Crippen LogP contribution in [0.25, 0.3) is 0 Å². The van der Waals surface area contributed by atoms with Crippen molar-refractivity contribution in [1.29, 1.82) is 0 Å². The second kappa shape index (κ2) is 9.47. The Hall–Kier alpha value is -2.46. The van der Waals surface area contributed by atoms with Gasteiger partial charge in [-0.2, -0.15) is 9.40 Å². The molecule has 0 fully saturated rings. The molecular weight excluding hydrogens is 370 g/mol.